The van der Waals surface area contributed by atoms with Crippen LogP contribution in [0.1, 0.15) is 23.2 Å². The van der Waals surface area contributed by atoms with E-state index in [1.54, 1.807) is 12.4 Å². The Morgan fingerprint density at radius 3 is 2.62 bits per heavy atom. The first kappa shape index (κ1) is 23.1. The number of piperazine rings is 1. The first-order valence-corrected chi connectivity index (χ1v) is 9.52. The monoisotopic (exact) mass is 436 g/mol. The zero-order valence-electron chi connectivity index (χ0n) is 16.1. The van der Waals surface area contributed by atoms with Crippen LogP contribution >= 0.6 is 24.8 Å². The zero-order valence-corrected chi connectivity index (χ0v) is 17.8. The maximum absolute atomic E-state index is 13.1. The molecule has 8 heteroatoms. The Morgan fingerprint density at radius 1 is 1.07 bits per heavy atom. The summed E-state index contributed by atoms with van der Waals surface area (Å²) in [7, 11) is 0. The molecule has 6 nitrogen and oxygen atoms in total. The average Bonchev–Trinajstić information content (AvgIpc) is 2.74. The maximum Gasteiger partial charge on any atom is 0.255 e. The Kier molecular flexibility index (Phi) is 8.44. The van der Waals surface area contributed by atoms with Crippen LogP contribution < -0.4 is 5.32 Å². The second-order valence-electron chi connectivity index (χ2n) is 7.14. The van der Waals surface area contributed by atoms with Crippen LogP contribution in [0.25, 0.3) is 11.1 Å². The fourth-order valence-corrected chi connectivity index (χ4v) is 3.93. The Hall–Kier alpha value is -2.15. The Morgan fingerprint density at radius 2 is 1.86 bits per heavy atom. The van der Waals surface area contributed by atoms with Gasteiger partial charge >= 0.3 is 0 Å². The molecule has 156 valence electrons. The molecule has 0 bridgehead atoms. The van der Waals surface area contributed by atoms with Gasteiger partial charge in [0.1, 0.15) is 0 Å². The second kappa shape index (κ2) is 10.6. The number of nitrogens with zero attached hydrogens (tertiary/aromatic N) is 3. The van der Waals surface area contributed by atoms with Gasteiger partial charge in [-0.25, -0.2) is 0 Å². The molecular formula is C21H26Cl2N4O2. The predicted molar refractivity (Wildman–Crippen MR) is 118 cm³/mol. The van der Waals surface area contributed by atoms with Gasteiger partial charge in [0.15, 0.2) is 0 Å². The summed E-state index contributed by atoms with van der Waals surface area (Å²) in [6, 6.07) is 12.0. The SMILES string of the molecule is Cl.Cl.O=C(c1cncc(-c2ccccc2)c1)N1CCCC(N2CCNCC2=O)C1. The number of hydrogen-bond donors (Lipinski definition) is 1. The van der Waals surface area contributed by atoms with Crippen LogP contribution in [0, 0.1) is 0 Å². The lowest BCUT2D eigenvalue weighted by atomic mass is 10.0. The van der Waals surface area contributed by atoms with E-state index in [-0.39, 0.29) is 42.7 Å². The highest BCUT2D eigenvalue weighted by atomic mass is 35.5. The van der Waals surface area contributed by atoms with Gasteiger partial charge in [0.25, 0.3) is 5.91 Å². The molecule has 0 saturated carbocycles. The number of amides is 2. The molecule has 2 aliphatic heterocycles. The third-order valence-electron chi connectivity index (χ3n) is 5.34. The van der Waals surface area contributed by atoms with Crippen molar-refractivity contribution >= 4 is 36.6 Å². The summed E-state index contributed by atoms with van der Waals surface area (Å²) in [6.45, 7) is 3.26. The molecule has 2 aromatic rings. The van der Waals surface area contributed by atoms with Crippen LogP contribution in [-0.4, -0.2) is 65.4 Å². The molecule has 1 aromatic heterocycles. The minimum atomic E-state index is -0.00688. The lowest BCUT2D eigenvalue weighted by molar-refractivity contribution is -0.135. The number of carbonyl (C=O) groups excluding carboxylic acids is 2. The number of nitrogens with one attached hydrogen (secondary N) is 1. The standard InChI is InChI=1S/C21H24N4O2.2ClH/c26-20-14-22-8-10-25(20)19-7-4-9-24(15-19)21(27)18-11-17(12-23-13-18)16-5-2-1-3-6-16;;/h1-3,5-6,11-13,19,22H,4,7-10,14-15H2;2*1H. The second-order valence-corrected chi connectivity index (χ2v) is 7.14. The summed E-state index contributed by atoms with van der Waals surface area (Å²) < 4.78 is 0. The molecule has 4 rings (SSSR count). The van der Waals surface area contributed by atoms with Gasteiger partial charge in [-0.1, -0.05) is 30.3 Å². The van der Waals surface area contributed by atoms with E-state index in [9.17, 15) is 9.59 Å². The molecule has 3 heterocycles. The van der Waals surface area contributed by atoms with Crippen LogP contribution in [0.5, 0.6) is 0 Å². The molecular weight excluding hydrogens is 411 g/mol. The van der Waals surface area contributed by atoms with Crippen LogP contribution in [0.15, 0.2) is 48.8 Å². The molecule has 0 spiro atoms. The van der Waals surface area contributed by atoms with Crippen molar-refractivity contribution in [3.05, 3.63) is 54.4 Å². The third-order valence-corrected chi connectivity index (χ3v) is 5.34. The number of benzene rings is 1. The lowest BCUT2D eigenvalue weighted by Crippen LogP contribution is -2.57. The van der Waals surface area contributed by atoms with Crippen molar-refractivity contribution < 1.29 is 9.59 Å². The van der Waals surface area contributed by atoms with Gasteiger partial charge < -0.3 is 15.1 Å². The first-order chi connectivity index (χ1) is 13.2. The molecule has 0 aliphatic carbocycles. The quantitative estimate of drug-likeness (QED) is 0.802. The molecule has 1 atom stereocenters. The summed E-state index contributed by atoms with van der Waals surface area (Å²) in [5.41, 5.74) is 2.58. The molecule has 1 N–H and O–H groups in total. The average molecular weight is 437 g/mol. The van der Waals surface area contributed by atoms with E-state index in [2.05, 4.69) is 10.3 Å². The number of pyridine rings is 1. The van der Waals surface area contributed by atoms with Gasteiger partial charge in [-0.2, -0.15) is 0 Å². The van der Waals surface area contributed by atoms with E-state index in [1.165, 1.54) is 0 Å². The smallest absolute Gasteiger partial charge is 0.255 e. The highest BCUT2D eigenvalue weighted by molar-refractivity contribution is 5.95. The molecule has 2 fully saturated rings. The minimum Gasteiger partial charge on any atom is -0.337 e. The predicted octanol–water partition coefficient (Wildman–Crippen LogP) is 2.63. The van der Waals surface area contributed by atoms with Crippen LogP contribution in [0.4, 0.5) is 0 Å². The van der Waals surface area contributed by atoms with Crippen LogP contribution in [-0.2, 0) is 4.79 Å². The number of carbonyl (C=O) groups is 2. The number of hydrogen-bond acceptors (Lipinski definition) is 4. The summed E-state index contributed by atoms with van der Waals surface area (Å²) in [5.74, 6) is 0.126. The van der Waals surface area contributed by atoms with E-state index in [1.807, 2.05) is 46.2 Å². The Bertz CT molecular complexity index is 834. The zero-order chi connectivity index (χ0) is 18.6. The third kappa shape index (κ3) is 5.26. The first-order valence-electron chi connectivity index (χ1n) is 9.52. The largest absolute Gasteiger partial charge is 0.337 e. The number of likely N-dealkylation sites (tertiary alicyclic amines) is 1. The van der Waals surface area contributed by atoms with Gasteiger partial charge in [-0.3, -0.25) is 14.6 Å². The number of halogens is 2. The molecule has 2 amide bonds. The van der Waals surface area contributed by atoms with E-state index in [0.29, 0.717) is 18.7 Å². The van der Waals surface area contributed by atoms with E-state index in [0.717, 1.165) is 43.6 Å². The van der Waals surface area contributed by atoms with Crippen molar-refractivity contribution in [3.8, 4) is 11.1 Å². The molecule has 2 aliphatic rings. The van der Waals surface area contributed by atoms with E-state index >= 15 is 0 Å². The molecule has 2 saturated heterocycles. The molecule has 1 unspecified atom stereocenters. The van der Waals surface area contributed by atoms with Crippen LogP contribution in [0.3, 0.4) is 0 Å². The van der Waals surface area contributed by atoms with Crippen molar-refractivity contribution in [1.82, 2.24) is 20.1 Å². The fourth-order valence-electron chi connectivity index (χ4n) is 3.93. The summed E-state index contributed by atoms with van der Waals surface area (Å²) >= 11 is 0. The van der Waals surface area contributed by atoms with Gasteiger partial charge in [0.2, 0.25) is 5.91 Å². The highest BCUT2D eigenvalue weighted by Gasteiger charge is 2.32. The maximum atomic E-state index is 13.1. The molecule has 1 aromatic carbocycles. The Balaban J connectivity index is 0.00000150. The summed E-state index contributed by atoms with van der Waals surface area (Å²) in [4.78, 5) is 33.3. The van der Waals surface area contributed by atoms with E-state index in [4.69, 9.17) is 0 Å². The number of piperidine rings is 1. The number of aromatic nitrogens is 1. The summed E-state index contributed by atoms with van der Waals surface area (Å²) in [5, 5.41) is 3.11. The highest BCUT2D eigenvalue weighted by Crippen LogP contribution is 2.22. The lowest BCUT2D eigenvalue weighted by Gasteiger charge is -2.41. The van der Waals surface area contributed by atoms with Crippen molar-refractivity contribution in [2.45, 2.75) is 18.9 Å². The van der Waals surface area contributed by atoms with Crippen molar-refractivity contribution in [2.75, 3.05) is 32.7 Å². The molecule has 0 radical (unpaired) electrons. The summed E-state index contributed by atoms with van der Waals surface area (Å²) in [6.07, 6.45) is 5.29. The fraction of sp³-hybridized carbons (Fsp3) is 0.381. The molecule has 29 heavy (non-hydrogen) atoms. The van der Waals surface area contributed by atoms with Gasteiger partial charge in [0, 0.05) is 50.2 Å². The Labute approximate surface area is 183 Å². The van der Waals surface area contributed by atoms with Gasteiger partial charge in [-0.05, 0) is 24.5 Å². The van der Waals surface area contributed by atoms with Gasteiger partial charge in [0.05, 0.1) is 12.1 Å². The van der Waals surface area contributed by atoms with Crippen LogP contribution in [0.2, 0.25) is 0 Å². The topological polar surface area (TPSA) is 65.5 Å². The minimum absolute atomic E-state index is 0. The van der Waals surface area contributed by atoms with Crippen molar-refractivity contribution in [1.29, 1.82) is 0 Å². The number of rotatable bonds is 3. The normalized spacial score (nSPS) is 19.2. The van der Waals surface area contributed by atoms with Crippen molar-refractivity contribution in [2.24, 2.45) is 0 Å². The van der Waals surface area contributed by atoms with Gasteiger partial charge in [-0.15, -0.1) is 24.8 Å². The van der Waals surface area contributed by atoms with Crippen molar-refractivity contribution in [3.63, 3.8) is 0 Å². The van der Waals surface area contributed by atoms with E-state index < -0.39 is 0 Å².